The van der Waals surface area contributed by atoms with E-state index < -0.39 is 11.7 Å². The van der Waals surface area contributed by atoms with Gasteiger partial charge in [-0.3, -0.25) is 14.3 Å². The predicted molar refractivity (Wildman–Crippen MR) is 123 cm³/mol. The Morgan fingerprint density at radius 2 is 1.88 bits per heavy atom. The van der Waals surface area contributed by atoms with Crippen LogP contribution in [0.5, 0.6) is 0 Å². The van der Waals surface area contributed by atoms with Crippen molar-refractivity contribution < 1.29 is 19.4 Å². The molecule has 1 fully saturated rings. The van der Waals surface area contributed by atoms with Gasteiger partial charge in [-0.2, -0.15) is 5.10 Å². The summed E-state index contributed by atoms with van der Waals surface area (Å²) in [6.07, 6.45) is 6.38. The number of aryl methyl sites for hydroxylation is 1. The maximum Gasteiger partial charge on any atom is 0.306 e. The molecule has 0 radical (unpaired) electrons. The first-order valence-electron chi connectivity index (χ1n) is 11.3. The van der Waals surface area contributed by atoms with E-state index in [9.17, 15) is 14.7 Å². The highest BCUT2D eigenvalue weighted by Crippen LogP contribution is 2.32. The maximum absolute atomic E-state index is 13.1. The standard InChI is InChI=1S/C25H35N3O4/c1-25(2,3)32-23(30)13-7-17-6-12-22(29)21(14-17)28(5)24(31)19-10-8-18(9-11-19)20-15-26-27(4)16-20/h8-11,15-17,21-22,29H,6-7,12-14H2,1-5H3/t17?,21-,22-/m0/s1. The van der Waals surface area contributed by atoms with Crippen molar-refractivity contribution in [1.29, 1.82) is 0 Å². The van der Waals surface area contributed by atoms with Crippen LogP contribution in [-0.4, -0.2) is 56.5 Å². The molecule has 0 bridgehead atoms. The van der Waals surface area contributed by atoms with Crippen LogP contribution in [0.25, 0.3) is 11.1 Å². The maximum atomic E-state index is 13.1. The summed E-state index contributed by atoms with van der Waals surface area (Å²) in [6.45, 7) is 5.59. The summed E-state index contributed by atoms with van der Waals surface area (Å²) in [7, 11) is 3.62. The Kier molecular flexibility index (Phi) is 7.39. The molecular weight excluding hydrogens is 406 g/mol. The first kappa shape index (κ1) is 24.0. The molecule has 0 spiro atoms. The van der Waals surface area contributed by atoms with Crippen LogP contribution >= 0.6 is 0 Å². The molecule has 1 aromatic heterocycles. The van der Waals surface area contributed by atoms with Gasteiger partial charge >= 0.3 is 5.97 Å². The van der Waals surface area contributed by atoms with E-state index in [1.807, 2.05) is 58.3 Å². The Bertz CT molecular complexity index is 929. The van der Waals surface area contributed by atoms with Crippen molar-refractivity contribution in [2.24, 2.45) is 13.0 Å². The zero-order chi connectivity index (χ0) is 23.5. The number of aromatic nitrogens is 2. The minimum atomic E-state index is -0.559. The molecule has 1 heterocycles. The van der Waals surface area contributed by atoms with Gasteiger partial charge in [-0.15, -0.1) is 0 Å². The molecule has 7 heteroatoms. The highest BCUT2D eigenvalue weighted by Gasteiger charge is 2.34. The van der Waals surface area contributed by atoms with Gasteiger partial charge in [0.25, 0.3) is 5.91 Å². The van der Waals surface area contributed by atoms with E-state index in [1.165, 1.54) is 0 Å². The number of esters is 1. The normalized spacial score (nSPS) is 21.2. The van der Waals surface area contributed by atoms with Crippen LogP contribution in [0.15, 0.2) is 36.7 Å². The highest BCUT2D eigenvalue weighted by molar-refractivity contribution is 5.94. The van der Waals surface area contributed by atoms with E-state index in [2.05, 4.69) is 5.10 Å². The number of carbonyl (C=O) groups excluding carboxylic acids is 2. The third-order valence-electron chi connectivity index (χ3n) is 6.05. The number of aliphatic hydroxyl groups is 1. The number of ether oxygens (including phenoxy) is 1. The lowest BCUT2D eigenvalue weighted by Gasteiger charge is -2.39. The number of rotatable bonds is 6. The van der Waals surface area contributed by atoms with Crippen LogP contribution in [0.2, 0.25) is 0 Å². The number of aliphatic hydroxyl groups excluding tert-OH is 1. The Labute approximate surface area is 190 Å². The molecule has 1 N–H and O–H groups in total. The van der Waals surface area contributed by atoms with Gasteiger partial charge in [0.1, 0.15) is 5.60 Å². The van der Waals surface area contributed by atoms with Crippen LogP contribution in [0, 0.1) is 5.92 Å². The molecule has 1 aromatic carbocycles. The molecule has 0 aliphatic heterocycles. The summed E-state index contributed by atoms with van der Waals surface area (Å²) < 4.78 is 7.15. The van der Waals surface area contributed by atoms with Crippen LogP contribution in [-0.2, 0) is 16.6 Å². The second-order valence-electron chi connectivity index (χ2n) is 9.83. The fourth-order valence-electron chi connectivity index (χ4n) is 4.34. The van der Waals surface area contributed by atoms with Gasteiger partial charge < -0.3 is 14.7 Å². The molecule has 1 aliphatic carbocycles. The molecule has 2 aromatic rings. The molecule has 1 aliphatic rings. The van der Waals surface area contributed by atoms with Crippen LogP contribution in [0.4, 0.5) is 0 Å². The number of benzene rings is 1. The Balaban J connectivity index is 1.60. The Hall–Kier alpha value is -2.67. The van der Waals surface area contributed by atoms with Crippen molar-refractivity contribution in [3.63, 3.8) is 0 Å². The average molecular weight is 442 g/mol. The van der Waals surface area contributed by atoms with E-state index in [4.69, 9.17) is 4.74 Å². The van der Waals surface area contributed by atoms with E-state index in [0.29, 0.717) is 31.2 Å². The van der Waals surface area contributed by atoms with Gasteiger partial charge in [-0.25, -0.2) is 0 Å². The van der Waals surface area contributed by atoms with Crippen molar-refractivity contribution in [2.75, 3.05) is 7.05 Å². The SMILES string of the molecule is CN(C(=O)c1ccc(-c2cnn(C)c2)cc1)[C@H]1CC(CCC(=O)OC(C)(C)C)CC[C@@H]1O. The van der Waals surface area contributed by atoms with Gasteiger partial charge in [0.05, 0.1) is 18.3 Å². The quantitative estimate of drug-likeness (QED) is 0.689. The summed E-state index contributed by atoms with van der Waals surface area (Å²) in [5.41, 5.74) is 2.09. The third kappa shape index (κ3) is 6.19. The number of likely N-dealkylation sites (N-methyl/N-ethyl adjacent to an activating group) is 1. The Morgan fingerprint density at radius 1 is 1.19 bits per heavy atom. The average Bonchev–Trinajstić information content (AvgIpc) is 3.17. The van der Waals surface area contributed by atoms with Gasteiger partial charge in [-0.1, -0.05) is 12.1 Å². The van der Waals surface area contributed by atoms with Crippen LogP contribution in [0.3, 0.4) is 0 Å². The lowest BCUT2D eigenvalue weighted by Crippen LogP contribution is -2.48. The first-order chi connectivity index (χ1) is 15.0. The summed E-state index contributed by atoms with van der Waals surface area (Å²) >= 11 is 0. The molecular formula is C25H35N3O4. The summed E-state index contributed by atoms with van der Waals surface area (Å²) in [4.78, 5) is 26.8. The second-order valence-corrected chi connectivity index (χ2v) is 9.83. The number of nitrogens with zero attached hydrogens (tertiary/aromatic N) is 3. The molecule has 3 rings (SSSR count). The minimum absolute atomic E-state index is 0.112. The largest absolute Gasteiger partial charge is 0.460 e. The smallest absolute Gasteiger partial charge is 0.306 e. The number of amides is 1. The van der Waals surface area contributed by atoms with Crippen molar-refractivity contribution >= 4 is 11.9 Å². The highest BCUT2D eigenvalue weighted by atomic mass is 16.6. The number of hydrogen-bond donors (Lipinski definition) is 1. The zero-order valence-electron chi connectivity index (χ0n) is 19.7. The molecule has 1 amide bonds. The molecule has 7 nitrogen and oxygen atoms in total. The molecule has 3 atom stereocenters. The van der Waals surface area contributed by atoms with Crippen LogP contribution in [0.1, 0.15) is 63.2 Å². The van der Waals surface area contributed by atoms with Crippen molar-refractivity contribution in [1.82, 2.24) is 14.7 Å². The molecule has 1 unspecified atom stereocenters. The third-order valence-corrected chi connectivity index (χ3v) is 6.05. The molecule has 174 valence electrons. The van der Waals surface area contributed by atoms with E-state index >= 15 is 0 Å². The lowest BCUT2D eigenvalue weighted by atomic mass is 9.80. The van der Waals surface area contributed by atoms with Crippen molar-refractivity contribution in [2.45, 2.75) is 70.6 Å². The fraction of sp³-hybridized carbons (Fsp3) is 0.560. The lowest BCUT2D eigenvalue weighted by molar-refractivity contribution is -0.155. The van der Waals surface area contributed by atoms with Gasteiger partial charge in [0.15, 0.2) is 0 Å². The molecule has 0 saturated heterocycles. The van der Waals surface area contributed by atoms with Crippen LogP contribution < -0.4 is 0 Å². The van der Waals surface area contributed by atoms with E-state index in [-0.39, 0.29) is 23.8 Å². The van der Waals surface area contributed by atoms with Gasteiger partial charge in [-0.05, 0) is 70.1 Å². The second kappa shape index (κ2) is 9.86. The van der Waals surface area contributed by atoms with E-state index in [0.717, 1.165) is 17.5 Å². The van der Waals surface area contributed by atoms with Gasteiger partial charge in [0.2, 0.25) is 0 Å². The summed E-state index contributed by atoms with van der Waals surface area (Å²) in [6, 6.07) is 7.20. The minimum Gasteiger partial charge on any atom is -0.460 e. The monoisotopic (exact) mass is 441 g/mol. The van der Waals surface area contributed by atoms with Crippen molar-refractivity contribution in [3.8, 4) is 11.1 Å². The van der Waals surface area contributed by atoms with Crippen molar-refractivity contribution in [3.05, 3.63) is 42.2 Å². The molecule has 32 heavy (non-hydrogen) atoms. The first-order valence-corrected chi connectivity index (χ1v) is 11.3. The van der Waals surface area contributed by atoms with Gasteiger partial charge in [0, 0.05) is 37.8 Å². The number of carbonyl (C=O) groups is 2. The topological polar surface area (TPSA) is 84.7 Å². The number of hydrogen-bond acceptors (Lipinski definition) is 5. The fourth-order valence-corrected chi connectivity index (χ4v) is 4.34. The zero-order valence-corrected chi connectivity index (χ0v) is 19.7. The summed E-state index contributed by atoms with van der Waals surface area (Å²) in [5.74, 6) is -0.0305. The summed E-state index contributed by atoms with van der Waals surface area (Å²) in [5, 5.41) is 14.8. The Morgan fingerprint density at radius 3 is 2.47 bits per heavy atom. The van der Waals surface area contributed by atoms with E-state index in [1.54, 1.807) is 22.8 Å². The molecule has 1 saturated carbocycles. The predicted octanol–water partition coefficient (Wildman–Crippen LogP) is 3.81.